The molecule has 5 aliphatic rings. The lowest BCUT2D eigenvalue weighted by molar-refractivity contribution is -0.119. The summed E-state index contributed by atoms with van der Waals surface area (Å²) in [6.07, 6.45) is 15.7. The number of aryl methyl sites for hydroxylation is 3. The predicted molar refractivity (Wildman–Crippen MR) is 372 cm³/mol. The lowest BCUT2D eigenvalue weighted by atomic mass is 10.0. The van der Waals surface area contributed by atoms with Crippen molar-refractivity contribution in [3.8, 4) is 33.8 Å². The van der Waals surface area contributed by atoms with Crippen molar-refractivity contribution in [1.82, 2.24) is 91.5 Å². The fourth-order valence-corrected chi connectivity index (χ4v) is 10.1. The van der Waals surface area contributed by atoms with Crippen molar-refractivity contribution < 1.29 is 36.3 Å². The number of nitrogens with zero attached hydrogens (tertiary/aromatic N) is 15. The first-order chi connectivity index (χ1) is 49.4. The first-order valence-electron chi connectivity index (χ1n) is 35.0. The van der Waals surface area contributed by atoms with E-state index < -0.39 is 38.6 Å². The molecule has 5 aliphatic carbocycles. The number of hydrogen-bond acceptors (Lipinski definition) is 20. The van der Waals surface area contributed by atoms with Crippen LogP contribution in [-0.4, -0.2) is 126 Å². The molecule has 508 valence electrons. The minimum atomic E-state index is -2.70. The molecule has 97 heavy (non-hydrogen) atoms. The highest BCUT2D eigenvalue weighted by Crippen LogP contribution is 2.39. The minimum Gasteiger partial charge on any atom is -0.398 e. The zero-order chi connectivity index (χ0) is 76.1. The van der Waals surface area contributed by atoms with Gasteiger partial charge in [-0.05, 0) is 182 Å². The summed E-state index contributed by atoms with van der Waals surface area (Å²) < 4.78 is 64.3. The Balaban J connectivity index is 0.000000167. The number of carbonyl (C=O) groups excluding carboxylic acids is 5. The highest BCUT2D eigenvalue weighted by atomic mass is 35.5. The average Bonchev–Trinajstić information content (AvgIpc) is 1.65. The summed E-state index contributed by atoms with van der Waals surface area (Å²) in [5.41, 5.74) is 24.0. The van der Waals surface area contributed by atoms with Gasteiger partial charge in [-0.25, -0.2) is 0 Å². The molecular formula is C66H78Cl3N23O5. The van der Waals surface area contributed by atoms with E-state index in [2.05, 4.69) is 83.2 Å². The van der Waals surface area contributed by atoms with Crippen LogP contribution < -0.4 is 43.4 Å². The zero-order valence-corrected chi connectivity index (χ0v) is 55.2. The molecular weight excluding hydrogens is 1300 g/mol. The van der Waals surface area contributed by atoms with Crippen LogP contribution in [0.5, 0.6) is 0 Å². The molecule has 5 fully saturated rings. The van der Waals surface area contributed by atoms with Gasteiger partial charge >= 0.3 is 0 Å². The highest BCUT2D eigenvalue weighted by molar-refractivity contribution is 6.35. The van der Waals surface area contributed by atoms with Gasteiger partial charge in [-0.3, -0.25) is 24.0 Å². The van der Waals surface area contributed by atoms with Crippen LogP contribution in [0.1, 0.15) is 167 Å². The molecule has 6 aromatic heterocycles. The topological polar surface area (TPSA) is 379 Å². The molecule has 9 aromatic rings. The second kappa shape index (κ2) is 31.2. The summed E-state index contributed by atoms with van der Waals surface area (Å²) in [6.45, 7) is 3.84. The molecule has 10 N–H and O–H groups in total. The third-order valence-corrected chi connectivity index (χ3v) is 16.3. The maximum atomic E-state index is 12.7. The SMILES string of the molecule is C.Cc1cc(N)c(C)c(-c2cnn(C3CC3)n2)c1.NC(=O)C1CC1.[2H]C([2H])([2H])NC(=O)c1nnc(Cl)cc1Cl.[2H]C([2H])([2H])NC(=O)c1nnc(Cl)cc1Nc1cc(C)cc(-c2cnn(C3CC3)n2)c1C.[2H]C([2H])([2H])NC(=O)c1nnc(NC(=O)C2CC2)cc1Nc1cc(C)cc(-c2cnn(C3CC3)n2)c1C. The van der Waals surface area contributed by atoms with Crippen molar-refractivity contribution in [3.63, 3.8) is 0 Å². The molecule has 14 rings (SSSR count). The summed E-state index contributed by atoms with van der Waals surface area (Å²) in [7, 11) is 0. The number of carbonyl (C=O) groups is 5. The number of primary amides is 1. The Labute approximate surface area is 588 Å². The van der Waals surface area contributed by atoms with Gasteiger partial charge in [0.05, 0.1) is 53.1 Å². The van der Waals surface area contributed by atoms with Crippen molar-refractivity contribution in [3.05, 3.63) is 139 Å². The lowest BCUT2D eigenvalue weighted by Gasteiger charge is -2.16. The van der Waals surface area contributed by atoms with Crippen molar-refractivity contribution in [2.24, 2.45) is 17.6 Å². The van der Waals surface area contributed by atoms with E-state index in [1.807, 2.05) is 93.5 Å². The standard InChI is InChI=1S/C23H26N8O2.C19H20ClN7O.C13H16N4.C6H5Cl2N3O.C4H7NO.CH4/c1-12-8-16(19-11-25-31(30-19)15-6-7-15)13(2)17(9-12)26-18-10-20(27-22(32)14-4-5-14)28-29-21(18)23(33)24-3;1-10-6-13(16-9-22-27(26-16)12-4-5-12)11(2)14(7-10)23-15-8-17(20)24-25-18(15)19(28)21-3;1-8-5-11(9(2)12(14)6-8)13-7-15-17(16-13)10-3-4-10;1-9-6(12)5-3(7)2-4(8)10-11-5;5-4(6)3-1-2-3;/h8-11,14-15H,4-7H2,1-3H3,(H,24,33)(H2,26,27,28,32);6-9,12H,4-5H2,1-3H3,(H,21,28)(H,23,24);5-7,10H,3-4,14H2,1-2H3;2H,1H3,(H,9,12);3H,1-2H2,(H2,5,6);1H4/i2*3D3;;1D3;;. The van der Waals surface area contributed by atoms with Crippen LogP contribution in [0.2, 0.25) is 15.3 Å². The lowest BCUT2D eigenvalue weighted by Crippen LogP contribution is -2.22. The molecule has 0 unspecified atom stereocenters. The van der Waals surface area contributed by atoms with Gasteiger partial charge in [-0.15, -0.1) is 30.6 Å². The molecule has 0 radical (unpaired) electrons. The van der Waals surface area contributed by atoms with Gasteiger partial charge < -0.3 is 43.4 Å². The molecule has 5 amide bonds. The van der Waals surface area contributed by atoms with Gasteiger partial charge in [-0.1, -0.05) is 42.2 Å². The van der Waals surface area contributed by atoms with E-state index in [9.17, 15) is 24.0 Å². The van der Waals surface area contributed by atoms with Gasteiger partial charge in [-0.2, -0.15) is 45.0 Å². The third kappa shape index (κ3) is 18.5. The van der Waals surface area contributed by atoms with Gasteiger partial charge in [0.2, 0.25) is 11.8 Å². The van der Waals surface area contributed by atoms with E-state index in [-0.39, 0.29) is 80.7 Å². The number of nitrogens with one attached hydrogen (secondary N) is 6. The molecule has 31 heteroatoms. The number of rotatable bonds is 16. The molecule has 0 bridgehead atoms. The van der Waals surface area contributed by atoms with E-state index in [0.717, 1.165) is 124 Å². The molecule has 0 atom stereocenters. The monoisotopic (exact) mass is 1390 g/mol. The Kier molecular flexibility index (Phi) is 19.1. The maximum Gasteiger partial charge on any atom is 0.273 e. The smallest absolute Gasteiger partial charge is 0.273 e. The second-order valence-corrected chi connectivity index (χ2v) is 24.9. The third-order valence-electron chi connectivity index (χ3n) is 15.6. The van der Waals surface area contributed by atoms with Crippen molar-refractivity contribution in [1.29, 1.82) is 0 Å². The Morgan fingerprint density at radius 3 is 1.27 bits per heavy atom. The molecule has 5 saturated carbocycles. The van der Waals surface area contributed by atoms with Crippen LogP contribution >= 0.6 is 34.8 Å². The largest absolute Gasteiger partial charge is 0.398 e. The Hall–Kier alpha value is -10.1. The quantitative estimate of drug-likeness (QED) is 0.0417. The maximum absolute atomic E-state index is 12.7. The summed E-state index contributed by atoms with van der Waals surface area (Å²) in [6, 6.07) is 17.3. The number of nitrogen functional groups attached to an aromatic ring is 1. The van der Waals surface area contributed by atoms with Gasteiger partial charge in [0, 0.05) is 91.0 Å². The molecule has 0 spiro atoms. The molecule has 28 nitrogen and oxygen atoms in total. The predicted octanol–water partition coefficient (Wildman–Crippen LogP) is 10.7. The summed E-state index contributed by atoms with van der Waals surface area (Å²) in [4.78, 5) is 64.0. The second-order valence-electron chi connectivity index (χ2n) is 23.7. The fraction of sp³-hybridized carbons (Fsp3) is 0.379. The van der Waals surface area contributed by atoms with E-state index in [0.29, 0.717) is 29.5 Å². The number of hydrogen-bond donors (Lipinski definition) is 8. The number of aromatic nitrogens is 15. The normalized spacial score (nSPS) is 15.9. The molecule has 0 aliphatic heterocycles. The van der Waals surface area contributed by atoms with E-state index >= 15 is 0 Å². The Morgan fingerprint density at radius 1 is 0.474 bits per heavy atom. The number of nitrogens with two attached hydrogens (primary N) is 2. The van der Waals surface area contributed by atoms with Crippen LogP contribution in [0.25, 0.3) is 33.8 Å². The summed E-state index contributed by atoms with van der Waals surface area (Å²) in [5.74, 6) is -2.66. The Bertz CT molecular complexity index is 4760. The number of benzene rings is 3. The number of halogens is 3. The highest BCUT2D eigenvalue weighted by Gasteiger charge is 2.32. The van der Waals surface area contributed by atoms with E-state index in [1.54, 1.807) is 27.3 Å². The van der Waals surface area contributed by atoms with Crippen LogP contribution in [0, 0.1) is 53.4 Å². The molecule has 6 heterocycles. The van der Waals surface area contributed by atoms with Gasteiger partial charge in [0.1, 0.15) is 17.1 Å². The van der Waals surface area contributed by atoms with Crippen molar-refractivity contribution in [2.75, 3.05) is 42.6 Å². The first-order valence-corrected chi connectivity index (χ1v) is 31.6. The fourth-order valence-electron chi connectivity index (χ4n) is 9.56. The minimum absolute atomic E-state index is 0. The van der Waals surface area contributed by atoms with Crippen LogP contribution in [0.15, 0.2) is 73.2 Å². The van der Waals surface area contributed by atoms with Crippen LogP contribution in [-0.2, 0) is 9.59 Å². The zero-order valence-electron chi connectivity index (χ0n) is 61.9. The first kappa shape index (κ1) is 59.4. The molecule has 3 aromatic carbocycles. The van der Waals surface area contributed by atoms with Gasteiger partial charge in [0.25, 0.3) is 17.7 Å². The van der Waals surface area contributed by atoms with Crippen LogP contribution in [0.3, 0.4) is 0 Å². The van der Waals surface area contributed by atoms with E-state index in [1.165, 1.54) is 31.0 Å². The number of amides is 5. The molecule has 0 saturated heterocycles. The number of anilines is 6. The average molecular weight is 1390 g/mol. The van der Waals surface area contributed by atoms with E-state index in [4.69, 9.17) is 58.6 Å². The van der Waals surface area contributed by atoms with Crippen molar-refractivity contribution >= 4 is 98.6 Å². The summed E-state index contributed by atoms with van der Waals surface area (Å²) in [5, 5.41) is 63.6. The van der Waals surface area contributed by atoms with Gasteiger partial charge in [0.15, 0.2) is 33.2 Å². The summed E-state index contributed by atoms with van der Waals surface area (Å²) >= 11 is 17.1. The van der Waals surface area contributed by atoms with Crippen molar-refractivity contribution in [2.45, 2.75) is 131 Å². The van der Waals surface area contributed by atoms with Crippen LogP contribution in [0.4, 0.5) is 34.3 Å². The Morgan fingerprint density at radius 2 is 0.866 bits per heavy atom.